The highest BCUT2D eigenvalue weighted by atomic mass is 35.5. The van der Waals surface area contributed by atoms with Crippen LogP contribution in [0.2, 0.25) is 0 Å². The summed E-state index contributed by atoms with van der Waals surface area (Å²) in [4.78, 5) is 2.67. The smallest absolute Gasteiger partial charge is 0.0568 e. The van der Waals surface area contributed by atoms with Gasteiger partial charge in [-0.1, -0.05) is 20.8 Å². The second kappa shape index (κ2) is 3.16. The van der Waals surface area contributed by atoms with Gasteiger partial charge in [0.1, 0.15) is 0 Å². The molecule has 0 unspecified atom stereocenters. The van der Waals surface area contributed by atoms with Crippen molar-refractivity contribution in [2.45, 2.75) is 32.1 Å². The predicted molar refractivity (Wildman–Crippen MR) is 52.6 cm³/mol. The summed E-state index contributed by atoms with van der Waals surface area (Å²) in [5, 5.41) is 0. The van der Waals surface area contributed by atoms with Crippen LogP contribution >= 0.6 is 22.9 Å². The van der Waals surface area contributed by atoms with Crippen molar-refractivity contribution in [1.82, 2.24) is 0 Å². The lowest BCUT2D eigenvalue weighted by Crippen LogP contribution is -2.07. The van der Waals surface area contributed by atoms with Gasteiger partial charge < -0.3 is 0 Å². The Hall–Kier alpha value is -0.0100. The minimum absolute atomic E-state index is 0.273. The highest BCUT2D eigenvalue weighted by Gasteiger charge is 2.15. The van der Waals surface area contributed by atoms with Crippen LogP contribution in [0.25, 0.3) is 0 Å². The van der Waals surface area contributed by atoms with Crippen LogP contribution in [0, 0.1) is 0 Å². The molecule has 0 spiro atoms. The van der Waals surface area contributed by atoms with Crippen LogP contribution < -0.4 is 0 Å². The molecule has 11 heavy (non-hydrogen) atoms. The van der Waals surface area contributed by atoms with Gasteiger partial charge in [-0.25, -0.2) is 0 Å². The first-order valence-corrected chi connectivity index (χ1v) is 5.04. The number of hydrogen-bond donors (Lipinski definition) is 0. The zero-order valence-electron chi connectivity index (χ0n) is 7.15. The zero-order valence-corrected chi connectivity index (χ0v) is 8.72. The van der Waals surface area contributed by atoms with E-state index in [1.54, 1.807) is 0 Å². The topological polar surface area (TPSA) is 0 Å². The Morgan fingerprint density at radius 2 is 2.00 bits per heavy atom. The normalized spacial score (nSPS) is 12.0. The molecule has 1 rings (SSSR count). The molecule has 0 saturated heterocycles. The lowest BCUT2D eigenvalue weighted by atomic mass is 9.95. The Balaban J connectivity index is 2.89. The molecule has 0 aromatic carbocycles. The Labute approximate surface area is 77.2 Å². The third kappa shape index (κ3) is 2.21. The Bertz CT molecular complexity index is 232. The molecule has 62 valence electrons. The molecule has 0 aliphatic heterocycles. The van der Waals surface area contributed by atoms with E-state index in [0.717, 1.165) is 0 Å². The van der Waals surface area contributed by atoms with Crippen LogP contribution in [0.1, 0.15) is 30.5 Å². The summed E-state index contributed by atoms with van der Waals surface area (Å²) in [5.74, 6) is 0.640. The van der Waals surface area contributed by atoms with Gasteiger partial charge in [0.15, 0.2) is 0 Å². The third-order valence-electron chi connectivity index (χ3n) is 1.53. The van der Waals surface area contributed by atoms with Gasteiger partial charge in [-0.3, -0.25) is 0 Å². The van der Waals surface area contributed by atoms with E-state index in [1.165, 1.54) is 9.75 Å². The van der Waals surface area contributed by atoms with Crippen LogP contribution in [0.4, 0.5) is 0 Å². The summed E-state index contributed by atoms with van der Waals surface area (Å²) < 4.78 is 0. The van der Waals surface area contributed by atoms with Crippen molar-refractivity contribution in [1.29, 1.82) is 0 Å². The minimum Gasteiger partial charge on any atom is -0.144 e. The van der Waals surface area contributed by atoms with Crippen molar-refractivity contribution >= 4 is 22.9 Å². The summed E-state index contributed by atoms with van der Waals surface area (Å²) in [6.07, 6.45) is 0. The molecule has 0 nitrogen and oxygen atoms in total. The molecule has 0 aliphatic rings. The standard InChI is InChI=1S/C9H13ClS/c1-9(2,3)8-5-4-7(6-10)11-8/h4-5H,6H2,1-3H3. The van der Waals surface area contributed by atoms with Gasteiger partial charge in [-0.15, -0.1) is 22.9 Å². The molecular weight excluding hydrogens is 176 g/mol. The second-order valence-electron chi connectivity index (χ2n) is 3.65. The van der Waals surface area contributed by atoms with Crippen molar-refractivity contribution in [3.05, 3.63) is 21.9 Å². The number of hydrogen-bond acceptors (Lipinski definition) is 1. The number of alkyl halides is 1. The summed E-state index contributed by atoms with van der Waals surface area (Å²) in [6, 6.07) is 4.28. The molecule has 0 aliphatic carbocycles. The summed E-state index contributed by atoms with van der Waals surface area (Å²) in [7, 11) is 0. The SMILES string of the molecule is CC(C)(C)c1ccc(CCl)s1. The van der Waals surface area contributed by atoms with Crippen LogP contribution in [0.3, 0.4) is 0 Å². The van der Waals surface area contributed by atoms with Gasteiger partial charge in [0.25, 0.3) is 0 Å². The first-order chi connectivity index (χ1) is 5.04. The molecule has 0 saturated carbocycles. The van der Waals surface area contributed by atoms with Gasteiger partial charge in [-0.2, -0.15) is 0 Å². The summed E-state index contributed by atoms with van der Waals surface area (Å²) >= 11 is 7.51. The van der Waals surface area contributed by atoms with Crippen LogP contribution in [0.5, 0.6) is 0 Å². The zero-order chi connectivity index (χ0) is 8.48. The van der Waals surface area contributed by atoms with Crippen molar-refractivity contribution in [3.8, 4) is 0 Å². The molecular formula is C9H13ClS. The monoisotopic (exact) mass is 188 g/mol. The van der Waals surface area contributed by atoms with Crippen molar-refractivity contribution in [2.24, 2.45) is 0 Å². The number of halogens is 1. The fraction of sp³-hybridized carbons (Fsp3) is 0.556. The average molecular weight is 189 g/mol. The first-order valence-electron chi connectivity index (χ1n) is 3.69. The third-order valence-corrected chi connectivity index (χ3v) is 3.49. The van der Waals surface area contributed by atoms with Gasteiger partial charge in [0, 0.05) is 9.75 Å². The fourth-order valence-electron chi connectivity index (χ4n) is 0.853. The quantitative estimate of drug-likeness (QED) is 0.589. The van der Waals surface area contributed by atoms with Crippen LogP contribution in [-0.2, 0) is 11.3 Å². The average Bonchev–Trinajstić information content (AvgIpc) is 2.32. The molecule has 0 atom stereocenters. The van der Waals surface area contributed by atoms with Crippen molar-refractivity contribution in [3.63, 3.8) is 0 Å². The van der Waals surface area contributed by atoms with Crippen molar-refractivity contribution < 1.29 is 0 Å². The van der Waals surface area contributed by atoms with Gasteiger partial charge in [0.2, 0.25) is 0 Å². The van der Waals surface area contributed by atoms with E-state index < -0.39 is 0 Å². The van der Waals surface area contributed by atoms with Gasteiger partial charge in [0.05, 0.1) is 5.88 Å². The molecule has 0 fully saturated rings. The van der Waals surface area contributed by atoms with E-state index >= 15 is 0 Å². The van der Waals surface area contributed by atoms with E-state index in [4.69, 9.17) is 11.6 Å². The van der Waals surface area contributed by atoms with Crippen LogP contribution in [0.15, 0.2) is 12.1 Å². The molecule has 0 amide bonds. The fourth-order valence-corrected chi connectivity index (χ4v) is 2.02. The van der Waals surface area contributed by atoms with E-state index in [0.29, 0.717) is 5.88 Å². The maximum atomic E-state index is 5.70. The summed E-state index contributed by atoms with van der Waals surface area (Å²) in [6.45, 7) is 6.66. The molecule has 1 aromatic rings. The highest BCUT2D eigenvalue weighted by molar-refractivity contribution is 7.12. The lowest BCUT2D eigenvalue weighted by Gasteiger charge is -2.15. The van der Waals surface area contributed by atoms with Crippen LogP contribution in [-0.4, -0.2) is 0 Å². The molecule has 2 heteroatoms. The largest absolute Gasteiger partial charge is 0.144 e. The van der Waals surface area contributed by atoms with E-state index in [2.05, 4.69) is 32.9 Å². The number of thiophene rings is 1. The first kappa shape index (κ1) is 9.08. The van der Waals surface area contributed by atoms with E-state index in [-0.39, 0.29) is 5.41 Å². The van der Waals surface area contributed by atoms with Gasteiger partial charge >= 0.3 is 0 Å². The van der Waals surface area contributed by atoms with Gasteiger partial charge in [-0.05, 0) is 17.5 Å². The molecule has 0 N–H and O–H groups in total. The Morgan fingerprint density at radius 3 is 2.27 bits per heavy atom. The molecule has 1 aromatic heterocycles. The van der Waals surface area contributed by atoms with Crippen molar-refractivity contribution in [2.75, 3.05) is 0 Å². The molecule has 1 heterocycles. The van der Waals surface area contributed by atoms with E-state index in [9.17, 15) is 0 Å². The molecule has 0 radical (unpaired) electrons. The lowest BCUT2D eigenvalue weighted by molar-refractivity contribution is 0.604. The molecule has 0 bridgehead atoms. The Morgan fingerprint density at radius 1 is 1.36 bits per heavy atom. The maximum absolute atomic E-state index is 5.70. The number of rotatable bonds is 1. The second-order valence-corrected chi connectivity index (χ2v) is 5.09. The predicted octanol–water partition coefficient (Wildman–Crippen LogP) is 3.78. The minimum atomic E-state index is 0.273. The Kier molecular flexibility index (Phi) is 2.61. The highest BCUT2D eigenvalue weighted by Crippen LogP contribution is 2.29. The van der Waals surface area contributed by atoms with E-state index in [1.807, 2.05) is 11.3 Å². The summed E-state index contributed by atoms with van der Waals surface area (Å²) in [5.41, 5.74) is 0.273. The maximum Gasteiger partial charge on any atom is 0.0568 e.